The second kappa shape index (κ2) is 12.0. The molecule has 2 aromatic carbocycles. The van der Waals surface area contributed by atoms with E-state index in [2.05, 4.69) is 11.9 Å². The van der Waals surface area contributed by atoms with Crippen LogP contribution in [0.5, 0.6) is 11.5 Å². The minimum atomic E-state index is -0.819. The zero-order chi connectivity index (χ0) is 27.1. The average Bonchev–Trinajstić information content (AvgIpc) is 2.84. The standard InChI is InChI=1S/C28H30N2O7/c1-6-9-20-13-19(15-23(35-7-2)25(20)37-16-24(31)36-8-3)14-22-26(32)29-28(34)30(27(22)33)21-11-10-17(4)18(5)12-21/h6,10-15H,1,7-9,16H2,2-5H3,(H,29,32,34)/b22-14+. The topological polar surface area (TPSA) is 111 Å². The SMILES string of the molecule is C=CCc1cc(/C=C2\C(=O)NC(=O)N(c3ccc(C)c(C)c3)C2=O)cc(OCC)c1OCC(=O)OCC. The van der Waals surface area contributed by atoms with Gasteiger partial charge in [0.25, 0.3) is 11.8 Å². The first kappa shape index (κ1) is 27.2. The van der Waals surface area contributed by atoms with Crippen molar-refractivity contribution in [2.24, 2.45) is 0 Å². The van der Waals surface area contributed by atoms with Crippen LogP contribution in [0.1, 0.15) is 36.1 Å². The van der Waals surface area contributed by atoms with Crippen molar-refractivity contribution in [3.8, 4) is 11.5 Å². The summed E-state index contributed by atoms with van der Waals surface area (Å²) >= 11 is 0. The largest absolute Gasteiger partial charge is 0.490 e. The molecule has 2 aromatic rings. The Kier molecular flexibility index (Phi) is 8.84. The van der Waals surface area contributed by atoms with E-state index in [1.807, 2.05) is 13.8 Å². The molecule has 1 heterocycles. The molecule has 1 fully saturated rings. The number of rotatable bonds is 10. The fourth-order valence-corrected chi connectivity index (χ4v) is 3.76. The van der Waals surface area contributed by atoms with E-state index < -0.39 is 23.8 Å². The molecule has 1 N–H and O–H groups in total. The van der Waals surface area contributed by atoms with Gasteiger partial charge in [0.15, 0.2) is 18.1 Å². The number of ether oxygens (including phenoxy) is 3. The number of aryl methyl sites for hydroxylation is 2. The number of urea groups is 1. The molecule has 0 bridgehead atoms. The summed E-state index contributed by atoms with van der Waals surface area (Å²) in [5.41, 5.74) is 3.14. The lowest BCUT2D eigenvalue weighted by atomic mass is 10.0. The van der Waals surface area contributed by atoms with Crippen LogP contribution < -0.4 is 19.7 Å². The summed E-state index contributed by atoms with van der Waals surface area (Å²) in [6, 6.07) is 7.65. The molecule has 4 amide bonds. The second-order valence-corrected chi connectivity index (χ2v) is 8.25. The Morgan fingerprint density at radius 1 is 1.03 bits per heavy atom. The van der Waals surface area contributed by atoms with Crippen molar-refractivity contribution in [2.45, 2.75) is 34.1 Å². The van der Waals surface area contributed by atoms with E-state index in [0.29, 0.717) is 41.3 Å². The Labute approximate surface area is 215 Å². The average molecular weight is 507 g/mol. The number of hydrogen-bond donors (Lipinski definition) is 1. The summed E-state index contributed by atoms with van der Waals surface area (Å²) in [6.07, 6.45) is 3.41. The minimum Gasteiger partial charge on any atom is -0.490 e. The van der Waals surface area contributed by atoms with Crippen molar-refractivity contribution in [1.82, 2.24) is 5.32 Å². The molecule has 37 heavy (non-hydrogen) atoms. The van der Waals surface area contributed by atoms with Crippen LogP contribution in [0.25, 0.3) is 6.08 Å². The van der Waals surface area contributed by atoms with Crippen molar-refractivity contribution in [2.75, 3.05) is 24.7 Å². The number of allylic oxidation sites excluding steroid dienone is 1. The lowest BCUT2D eigenvalue weighted by molar-refractivity contribution is -0.145. The molecule has 0 radical (unpaired) electrons. The third-order valence-electron chi connectivity index (χ3n) is 5.62. The Bertz CT molecular complexity index is 1280. The first-order valence-electron chi connectivity index (χ1n) is 11.9. The number of carbonyl (C=O) groups excluding carboxylic acids is 4. The molecule has 1 saturated heterocycles. The summed E-state index contributed by atoms with van der Waals surface area (Å²) < 4.78 is 16.4. The van der Waals surface area contributed by atoms with E-state index >= 15 is 0 Å². The summed E-state index contributed by atoms with van der Waals surface area (Å²) in [7, 11) is 0. The molecule has 0 aromatic heterocycles. The number of imide groups is 2. The number of carbonyl (C=O) groups is 4. The van der Waals surface area contributed by atoms with Gasteiger partial charge in [-0.05, 0) is 81.1 Å². The number of benzene rings is 2. The molecule has 0 spiro atoms. The van der Waals surface area contributed by atoms with Crippen LogP contribution in [0, 0.1) is 13.8 Å². The molecule has 0 saturated carbocycles. The van der Waals surface area contributed by atoms with Crippen LogP contribution in [0.4, 0.5) is 10.5 Å². The molecule has 0 aliphatic carbocycles. The number of anilines is 1. The quantitative estimate of drug-likeness (QED) is 0.224. The summed E-state index contributed by atoms with van der Waals surface area (Å²) in [5.74, 6) is -1.42. The predicted octanol–water partition coefficient (Wildman–Crippen LogP) is 4.04. The van der Waals surface area contributed by atoms with Gasteiger partial charge in [-0.25, -0.2) is 14.5 Å². The van der Waals surface area contributed by atoms with Gasteiger partial charge in [0, 0.05) is 5.56 Å². The van der Waals surface area contributed by atoms with E-state index in [4.69, 9.17) is 14.2 Å². The molecule has 0 atom stereocenters. The lowest BCUT2D eigenvalue weighted by Gasteiger charge is -2.27. The van der Waals surface area contributed by atoms with Crippen LogP contribution in [0.3, 0.4) is 0 Å². The molecule has 9 nitrogen and oxygen atoms in total. The van der Waals surface area contributed by atoms with Gasteiger partial charge in [-0.3, -0.25) is 14.9 Å². The zero-order valence-electron chi connectivity index (χ0n) is 21.4. The molecule has 3 rings (SSSR count). The van der Waals surface area contributed by atoms with Gasteiger partial charge in [0.05, 0.1) is 18.9 Å². The lowest BCUT2D eigenvalue weighted by Crippen LogP contribution is -2.54. The molecular weight excluding hydrogens is 476 g/mol. The third kappa shape index (κ3) is 6.24. The summed E-state index contributed by atoms with van der Waals surface area (Å²) in [4.78, 5) is 51.3. The Balaban J connectivity index is 2.04. The summed E-state index contributed by atoms with van der Waals surface area (Å²) in [6.45, 7) is 11.3. The number of barbiturate groups is 1. The Morgan fingerprint density at radius 3 is 2.43 bits per heavy atom. The third-order valence-corrected chi connectivity index (χ3v) is 5.62. The highest BCUT2D eigenvalue weighted by Gasteiger charge is 2.37. The highest BCUT2D eigenvalue weighted by Crippen LogP contribution is 2.35. The van der Waals surface area contributed by atoms with E-state index in [1.165, 1.54) is 6.08 Å². The van der Waals surface area contributed by atoms with Gasteiger partial charge in [0.1, 0.15) is 5.57 Å². The van der Waals surface area contributed by atoms with Crippen molar-refractivity contribution in [1.29, 1.82) is 0 Å². The number of hydrogen-bond acceptors (Lipinski definition) is 7. The maximum absolute atomic E-state index is 13.3. The number of amides is 4. The van der Waals surface area contributed by atoms with Crippen LogP contribution in [0.2, 0.25) is 0 Å². The zero-order valence-corrected chi connectivity index (χ0v) is 21.4. The second-order valence-electron chi connectivity index (χ2n) is 8.25. The van der Waals surface area contributed by atoms with Gasteiger partial charge in [-0.1, -0.05) is 12.1 Å². The molecule has 1 aliphatic rings. The van der Waals surface area contributed by atoms with Crippen molar-refractivity contribution < 1.29 is 33.4 Å². The Morgan fingerprint density at radius 2 is 1.78 bits per heavy atom. The summed E-state index contributed by atoms with van der Waals surface area (Å²) in [5, 5.41) is 2.23. The van der Waals surface area contributed by atoms with Gasteiger partial charge in [-0.2, -0.15) is 0 Å². The van der Waals surface area contributed by atoms with E-state index in [0.717, 1.165) is 16.0 Å². The molecule has 9 heteroatoms. The van der Waals surface area contributed by atoms with Crippen LogP contribution in [-0.2, 0) is 25.5 Å². The van der Waals surface area contributed by atoms with Crippen molar-refractivity contribution in [3.63, 3.8) is 0 Å². The fourth-order valence-electron chi connectivity index (χ4n) is 3.76. The van der Waals surface area contributed by atoms with Crippen molar-refractivity contribution >= 4 is 35.6 Å². The number of nitrogens with zero attached hydrogens (tertiary/aromatic N) is 1. The maximum atomic E-state index is 13.3. The smallest absolute Gasteiger partial charge is 0.344 e. The number of nitrogens with one attached hydrogen (secondary N) is 1. The van der Waals surface area contributed by atoms with Gasteiger partial charge in [0.2, 0.25) is 0 Å². The fraction of sp³-hybridized carbons (Fsp3) is 0.286. The maximum Gasteiger partial charge on any atom is 0.344 e. The molecule has 0 unspecified atom stereocenters. The van der Waals surface area contributed by atoms with E-state index in [-0.39, 0.29) is 18.8 Å². The van der Waals surface area contributed by atoms with Gasteiger partial charge in [-0.15, -0.1) is 6.58 Å². The highest BCUT2D eigenvalue weighted by atomic mass is 16.6. The first-order valence-corrected chi connectivity index (χ1v) is 11.9. The van der Waals surface area contributed by atoms with Gasteiger partial charge >= 0.3 is 12.0 Å². The van der Waals surface area contributed by atoms with E-state index in [9.17, 15) is 19.2 Å². The van der Waals surface area contributed by atoms with Gasteiger partial charge < -0.3 is 14.2 Å². The minimum absolute atomic E-state index is 0.218. The normalized spacial score (nSPS) is 14.4. The molecule has 1 aliphatic heterocycles. The monoisotopic (exact) mass is 506 g/mol. The van der Waals surface area contributed by atoms with Crippen LogP contribution in [0.15, 0.2) is 48.6 Å². The van der Waals surface area contributed by atoms with Crippen LogP contribution in [-0.4, -0.2) is 43.6 Å². The van der Waals surface area contributed by atoms with Crippen LogP contribution >= 0.6 is 0 Å². The highest BCUT2D eigenvalue weighted by molar-refractivity contribution is 6.39. The Hall–Kier alpha value is -4.40. The molecule has 194 valence electrons. The van der Waals surface area contributed by atoms with E-state index in [1.54, 1.807) is 50.3 Å². The number of esters is 1. The van der Waals surface area contributed by atoms with Crippen molar-refractivity contribution in [3.05, 3.63) is 70.8 Å². The predicted molar refractivity (Wildman–Crippen MR) is 139 cm³/mol. The molecular formula is C28H30N2O7. The first-order chi connectivity index (χ1) is 17.7.